The minimum Gasteiger partial charge on any atom is -0.491 e. The SMILES string of the molecule is O=C(Nc1cc(Cl)cc2c1OCC2)N1CCCCC1c1cn[nH]c1. The third-order valence-corrected chi connectivity index (χ3v) is 4.88. The predicted octanol–water partition coefficient (Wildman–Crippen LogP) is 3.76. The van der Waals surface area contributed by atoms with Gasteiger partial charge in [0.2, 0.25) is 0 Å². The molecule has 0 bridgehead atoms. The van der Waals surface area contributed by atoms with E-state index in [1.165, 1.54) is 0 Å². The number of benzene rings is 1. The number of rotatable bonds is 2. The van der Waals surface area contributed by atoms with Gasteiger partial charge in [0.1, 0.15) is 5.75 Å². The number of H-pyrrole nitrogens is 1. The standard InChI is InChI=1S/C17H19ClN4O2/c18-13-7-11-4-6-24-16(11)14(8-13)21-17(23)22-5-2-1-3-15(22)12-9-19-20-10-12/h7-10,15H,1-6H2,(H,19,20)(H,21,23). The monoisotopic (exact) mass is 346 g/mol. The lowest BCUT2D eigenvalue weighted by atomic mass is 9.98. The van der Waals surface area contributed by atoms with Crippen molar-refractivity contribution in [2.24, 2.45) is 0 Å². The van der Waals surface area contributed by atoms with E-state index >= 15 is 0 Å². The van der Waals surface area contributed by atoms with Crippen molar-refractivity contribution in [3.63, 3.8) is 0 Å². The first-order chi connectivity index (χ1) is 11.7. The number of hydrogen-bond donors (Lipinski definition) is 2. The topological polar surface area (TPSA) is 70.2 Å². The summed E-state index contributed by atoms with van der Waals surface area (Å²) in [4.78, 5) is 14.7. The minimum atomic E-state index is -0.124. The van der Waals surface area contributed by atoms with Gasteiger partial charge in [0.25, 0.3) is 0 Å². The number of piperidine rings is 1. The number of aromatic nitrogens is 2. The molecule has 1 unspecified atom stereocenters. The van der Waals surface area contributed by atoms with E-state index in [2.05, 4.69) is 15.5 Å². The smallest absolute Gasteiger partial charge is 0.322 e. The van der Waals surface area contributed by atoms with Crippen LogP contribution in [0.15, 0.2) is 24.5 Å². The molecule has 2 aliphatic rings. The third kappa shape index (κ3) is 2.82. The number of carbonyl (C=O) groups is 1. The van der Waals surface area contributed by atoms with Crippen LogP contribution in [0.2, 0.25) is 5.02 Å². The summed E-state index contributed by atoms with van der Waals surface area (Å²) in [6, 6.07) is 3.57. The number of urea groups is 1. The highest BCUT2D eigenvalue weighted by molar-refractivity contribution is 6.31. The van der Waals surface area contributed by atoms with Gasteiger partial charge in [0.15, 0.2) is 0 Å². The number of amides is 2. The molecule has 7 heteroatoms. The molecule has 1 aromatic heterocycles. The second-order valence-electron chi connectivity index (χ2n) is 6.21. The van der Waals surface area contributed by atoms with Crippen LogP contribution in [-0.2, 0) is 6.42 Å². The lowest BCUT2D eigenvalue weighted by molar-refractivity contribution is 0.163. The van der Waals surface area contributed by atoms with Crippen molar-refractivity contribution in [3.8, 4) is 5.75 Å². The van der Waals surface area contributed by atoms with Crippen molar-refractivity contribution in [2.75, 3.05) is 18.5 Å². The fourth-order valence-corrected chi connectivity index (χ4v) is 3.75. The van der Waals surface area contributed by atoms with Gasteiger partial charge in [-0.05, 0) is 31.4 Å². The van der Waals surface area contributed by atoms with Crippen LogP contribution < -0.4 is 10.1 Å². The van der Waals surface area contributed by atoms with Crippen LogP contribution in [0.5, 0.6) is 5.75 Å². The number of ether oxygens (including phenoxy) is 1. The average Bonchev–Trinajstić information content (AvgIpc) is 3.26. The summed E-state index contributed by atoms with van der Waals surface area (Å²) in [5.41, 5.74) is 2.73. The number of nitrogens with one attached hydrogen (secondary N) is 2. The summed E-state index contributed by atoms with van der Waals surface area (Å²) in [6.07, 6.45) is 7.52. The summed E-state index contributed by atoms with van der Waals surface area (Å²) in [5.74, 6) is 0.740. The maximum atomic E-state index is 12.9. The molecule has 126 valence electrons. The molecule has 2 amide bonds. The molecule has 2 aromatic rings. The molecule has 0 radical (unpaired) electrons. The first-order valence-corrected chi connectivity index (χ1v) is 8.61. The van der Waals surface area contributed by atoms with E-state index in [-0.39, 0.29) is 12.1 Å². The van der Waals surface area contributed by atoms with E-state index in [1.807, 2.05) is 17.2 Å². The fraction of sp³-hybridized carbons (Fsp3) is 0.412. The largest absolute Gasteiger partial charge is 0.491 e. The van der Waals surface area contributed by atoms with E-state index in [4.69, 9.17) is 16.3 Å². The van der Waals surface area contributed by atoms with Crippen LogP contribution in [0.1, 0.15) is 36.4 Å². The fourth-order valence-electron chi connectivity index (χ4n) is 3.51. The molecule has 1 aromatic carbocycles. The highest BCUT2D eigenvalue weighted by atomic mass is 35.5. The Balaban J connectivity index is 1.57. The number of likely N-dealkylation sites (tertiary alicyclic amines) is 1. The minimum absolute atomic E-state index is 0.0469. The number of aromatic amines is 1. The lowest BCUT2D eigenvalue weighted by Crippen LogP contribution is -2.41. The molecular weight excluding hydrogens is 328 g/mol. The highest BCUT2D eigenvalue weighted by Gasteiger charge is 2.29. The Labute approximate surface area is 145 Å². The van der Waals surface area contributed by atoms with Crippen LogP contribution >= 0.6 is 11.6 Å². The molecule has 1 saturated heterocycles. The second kappa shape index (κ2) is 6.36. The van der Waals surface area contributed by atoms with E-state index in [0.717, 1.165) is 49.1 Å². The quantitative estimate of drug-likeness (QED) is 0.869. The van der Waals surface area contributed by atoms with Gasteiger partial charge in [-0.1, -0.05) is 11.6 Å². The normalized spacial score (nSPS) is 19.7. The Morgan fingerprint density at radius 1 is 1.42 bits per heavy atom. The van der Waals surface area contributed by atoms with Crippen molar-refractivity contribution >= 4 is 23.3 Å². The number of nitrogens with zero attached hydrogens (tertiary/aromatic N) is 2. The Bertz CT molecular complexity index is 747. The number of fused-ring (bicyclic) bond motifs is 1. The molecule has 24 heavy (non-hydrogen) atoms. The van der Waals surface area contributed by atoms with E-state index in [1.54, 1.807) is 12.3 Å². The van der Waals surface area contributed by atoms with Crippen LogP contribution in [0, 0.1) is 0 Å². The number of anilines is 1. The van der Waals surface area contributed by atoms with Gasteiger partial charge in [-0.25, -0.2) is 4.79 Å². The molecule has 2 aliphatic heterocycles. The molecule has 6 nitrogen and oxygen atoms in total. The van der Waals surface area contributed by atoms with Crippen LogP contribution in [0.3, 0.4) is 0 Å². The first kappa shape index (κ1) is 15.3. The average molecular weight is 347 g/mol. The van der Waals surface area contributed by atoms with Gasteiger partial charge < -0.3 is 15.0 Å². The molecule has 1 atom stereocenters. The van der Waals surface area contributed by atoms with E-state index in [0.29, 0.717) is 17.3 Å². The number of halogens is 1. The summed E-state index contributed by atoms with van der Waals surface area (Å²) < 4.78 is 5.67. The van der Waals surface area contributed by atoms with Crippen molar-refractivity contribution in [1.82, 2.24) is 15.1 Å². The maximum Gasteiger partial charge on any atom is 0.322 e. The van der Waals surface area contributed by atoms with Gasteiger partial charge in [-0.2, -0.15) is 5.10 Å². The molecule has 3 heterocycles. The maximum absolute atomic E-state index is 12.9. The van der Waals surface area contributed by atoms with E-state index in [9.17, 15) is 4.79 Å². The summed E-state index contributed by atoms with van der Waals surface area (Å²) in [7, 11) is 0. The molecule has 0 aliphatic carbocycles. The lowest BCUT2D eigenvalue weighted by Gasteiger charge is -2.35. The molecule has 2 N–H and O–H groups in total. The molecule has 1 fully saturated rings. The van der Waals surface area contributed by atoms with Gasteiger partial charge >= 0.3 is 6.03 Å². The van der Waals surface area contributed by atoms with Crippen molar-refractivity contribution in [3.05, 3.63) is 40.7 Å². The predicted molar refractivity (Wildman–Crippen MR) is 91.6 cm³/mol. The molecule has 0 spiro atoms. The van der Waals surface area contributed by atoms with Crippen LogP contribution in [-0.4, -0.2) is 34.3 Å². The Hall–Kier alpha value is -2.21. The number of carbonyl (C=O) groups excluding carboxylic acids is 1. The van der Waals surface area contributed by atoms with Crippen LogP contribution in [0.4, 0.5) is 10.5 Å². The highest BCUT2D eigenvalue weighted by Crippen LogP contribution is 2.38. The Kier molecular flexibility index (Phi) is 4.06. The van der Waals surface area contributed by atoms with Crippen molar-refractivity contribution in [2.45, 2.75) is 31.7 Å². The zero-order valence-electron chi connectivity index (χ0n) is 13.2. The van der Waals surface area contributed by atoms with Gasteiger partial charge in [-0.15, -0.1) is 0 Å². The third-order valence-electron chi connectivity index (χ3n) is 4.66. The molecule has 4 rings (SSSR count). The molecule has 0 saturated carbocycles. The van der Waals surface area contributed by atoms with Crippen molar-refractivity contribution in [1.29, 1.82) is 0 Å². The summed E-state index contributed by atoms with van der Waals surface area (Å²) >= 11 is 6.17. The Morgan fingerprint density at radius 2 is 2.33 bits per heavy atom. The zero-order chi connectivity index (χ0) is 16.5. The van der Waals surface area contributed by atoms with Crippen molar-refractivity contribution < 1.29 is 9.53 Å². The van der Waals surface area contributed by atoms with Crippen LogP contribution in [0.25, 0.3) is 0 Å². The Morgan fingerprint density at radius 3 is 3.17 bits per heavy atom. The van der Waals surface area contributed by atoms with Gasteiger partial charge in [-0.3, -0.25) is 5.10 Å². The summed E-state index contributed by atoms with van der Waals surface area (Å²) in [5, 5.41) is 10.4. The second-order valence-corrected chi connectivity index (χ2v) is 6.64. The first-order valence-electron chi connectivity index (χ1n) is 8.24. The zero-order valence-corrected chi connectivity index (χ0v) is 14.0. The van der Waals surface area contributed by atoms with E-state index < -0.39 is 0 Å². The molecular formula is C17H19ClN4O2. The van der Waals surface area contributed by atoms with Gasteiger partial charge in [0, 0.05) is 35.3 Å². The van der Waals surface area contributed by atoms with Gasteiger partial charge in [0.05, 0.1) is 24.5 Å². The number of hydrogen-bond acceptors (Lipinski definition) is 3. The summed E-state index contributed by atoms with van der Waals surface area (Å²) in [6.45, 7) is 1.35.